The van der Waals surface area contributed by atoms with Crippen LogP contribution in [0.5, 0.6) is 0 Å². The van der Waals surface area contributed by atoms with Crippen LogP contribution in [0.25, 0.3) is 10.8 Å². The molecule has 5 nitrogen and oxygen atoms in total. The molecular weight excluding hydrogens is 312 g/mol. The number of fused-ring (bicyclic) bond motifs is 1. The Morgan fingerprint density at radius 3 is 2.40 bits per heavy atom. The number of rotatable bonds is 5. The van der Waals surface area contributed by atoms with Crippen molar-refractivity contribution in [2.45, 2.75) is 19.5 Å². The van der Waals surface area contributed by atoms with Gasteiger partial charge in [0, 0.05) is 30.7 Å². The number of aromatic nitrogens is 4. The lowest BCUT2D eigenvalue weighted by Crippen LogP contribution is -2.26. The van der Waals surface area contributed by atoms with Crippen LogP contribution < -0.4 is 5.56 Å². The summed E-state index contributed by atoms with van der Waals surface area (Å²) in [4.78, 5) is 16.8. The summed E-state index contributed by atoms with van der Waals surface area (Å²) in [6, 6.07) is 17.9. The molecule has 0 bridgehead atoms. The molecule has 0 unspecified atom stereocenters. The number of hydrogen-bond donors (Lipinski definition) is 0. The molecule has 0 aliphatic rings. The Labute approximate surface area is 145 Å². The topological polar surface area (TPSA) is 52.7 Å². The minimum atomic E-state index is -0.0486. The first-order valence-corrected chi connectivity index (χ1v) is 8.30. The van der Waals surface area contributed by atoms with Gasteiger partial charge in [-0.25, -0.2) is 9.67 Å². The van der Waals surface area contributed by atoms with Crippen LogP contribution in [0.4, 0.5) is 0 Å². The lowest BCUT2D eigenvalue weighted by atomic mass is 10.0. The van der Waals surface area contributed by atoms with Gasteiger partial charge in [-0.1, -0.05) is 48.5 Å². The van der Waals surface area contributed by atoms with E-state index < -0.39 is 0 Å². The van der Waals surface area contributed by atoms with Gasteiger partial charge in [0.25, 0.3) is 5.56 Å². The Bertz CT molecular complexity index is 1040. The summed E-state index contributed by atoms with van der Waals surface area (Å²) in [6.45, 7) is 1.18. The summed E-state index contributed by atoms with van der Waals surface area (Å²) >= 11 is 0. The maximum Gasteiger partial charge on any atom is 0.274 e. The fourth-order valence-electron chi connectivity index (χ4n) is 3.01. The quantitative estimate of drug-likeness (QED) is 0.565. The maximum absolute atomic E-state index is 12.8. The highest BCUT2D eigenvalue weighted by Gasteiger charge is 2.11. The van der Waals surface area contributed by atoms with Gasteiger partial charge in [-0.15, -0.1) is 0 Å². The first kappa shape index (κ1) is 15.3. The summed E-state index contributed by atoms with van der Waals surface area (Å²) in [7, 11) is 0. The first-order valence-electron chi connectivity index (χ1n) is 8.30. The Kier molecular flexibility index (Phi) is 4.12. The number of imidazole rings is 1. The van der Waals surface area contributed by atoms with Gasteiger partial charge in [0.1, 0.15) is 0 Å². The fourth-order valence-corrected chi connectivity index (χ4v) is 3.01. The predicted molar refractivity (Wildman–Crippen MR) is 97.5 cm³/mol. The molecule has 0 spiro atoms. The van der Waals surface area contributed by atoms with Crippen LogP contribution in [0.15, 0.2) is 78.1 Å². The van der Waals surface area contributed by atoms with E-state index in [0.717, 1.165) is 11.1 Å². The van der Waals surface area contributed by atoms with E-state index in [2.05, 4.69) is 22.2 Å². The molecule has 2 aromatic heterocycles. The van der Waals surface area contributed by atoms with Gasteiger partial charge in [-0.3, -0.25) is 4.79 Å². The van der Waals surface area contributed by atoms with Crippen molar-refractivity contribution in [3.63, 3.8) is 0 Å². The molecule has 0 atom stereocenters. The number of aryl methyl sites for hydroxylation is 2. The molecule has 25 heavy (non-hydrogen) atoms. The third-order valence-corrected chi connectivity index (χ3v) is 4.29. The van der Waals surface area contributed by atoms with Crippen LogP contribution in [0.3, 0.4) is 0 Å². The molecule has 124 valence electrons. The van der Waals surface area contributed by atoms with Gasteiger partial charge in [0.2, 0.25) is 0 Å². The average molecular weight is 330 g/mol. The van der Waals surface area contributed by atoms with Crippen LogP contribution in [-0.2, 0) is 19.5 Å². The molecule has 0 saturated carbocycles. The zero-order valence-electron chi connectivity index (χ0n) is 13.7. The molecule has 4 aromatic rings. The molecule has 0 radical (unpaired) electrons. The van der Waals surface area contributed by atoms with Gasteiger partial charge in [0.05, 0.1) is 24.0 Å². The lowest BCUT2D eigenvalue weighted by molar-refractivity contribution is 0.508. The van der Waals surface area contributed by atoms with Crippen molar-refractivity contribution in [1.29, 1.82) is 0 Å². The Hall–Kier alpha value is -3.21. The summed E-state index contributed by atoms with van der Waals surface area (Å²) in [6.07, 6.45) is 6.07. The third kappa shape index (κ3) is 3.21. The van der Waals surface area contributed by atoms with Crippen molar-refractivity contribution in [2.24, 2.45) is 0 Å². The van der Waals surface area contributed by atoms with Crippen molar-refractivity contribution >= 4 is 10.8 Å². The minimum Gasteiger partial charge on any atom is -0.336 e. The van der Waals surface area contributed by atoms with Crippen molar-refractivity contribution in [3.8, 4) is 0 Å². The summed E-state index contributed by atoms with van der Waals surface area (Å²) < 4.78 is 3.51. The van der Waals surface area contributed by atoms with Crippen LogP contribution >= 0.6 is 0 Å². The van der Waals surface area contributed by atoms with Crippen molar-refractivity contribution in [1.82, 2.24) is 19.3 Å². The second-order valence-electron chi connectivity index (χ2n) is 5.98. The van der Waals surface area contributed by atoms with Crippen molar-refractivity contribution in [2.75, 3.05) is 0 Å². The zero-order chi connectivity index (χ0) is 17.1. The molecule has 4 rings (SSSR count). The largest absolute Gasteiger partial charge is 0.336 e. The molecule has 2 heterocycles. The summed E-state index contributed by atoms with van der Waals surface area (Å²) in [5.74, 6) is 0. The van der Waals surface area contributed by atoms with E-state index in [0.29, 0.717) is 24.9 Å². The Morgan fingerprint density at radius 1 is 0.880 bits per heavy atom. The van der Waals surface area contributed by atoms with Crippen LogP contribution in [0.2, 0.25) is 0 Å². The Morgan fingerprint density at radius 2 is 1.64 bits per heavy atom. The predicted octanol–water partition coefficient (Wildman–Crippen LogP) is 2.88. The van der Waals surface area contributed by atoms with Crippen molar-refractivity contribution < 1.29 is 0 Å². The van der Waals surface area contributed by atoms with Gasteiger partial charge < -0.3 is 4.57 Å². The summed E-state index contributed by atoms with van der Waals surface area (Å²) in [5.41, 5.74) is 2.06. The van der Waals surface area contributed by atoms with E-state index in [-0.39, 0.29) is 5.56 Å². The van der Waals surface area contributed by atoms with Gasteiger partial charge in [0.15, 0.2) is 0 Å². The van der Waals surface area contributed by atoms with Gasteiger partial charge in [-0.05, 0) is 11.6 Å². The highest BCUT2D eigenvalue weighted by molar-refractivity contribution is 5.83. The Balaban J connectivity index is 1.75. The zero-order valence-corrected chi connectivity index (χ0v) is 13.7. The molecule has 0 saturated heterocycles. The SMILES string of the molecule is O=c1c2ccccc2c(Cc2ccccc2)nn1CCn1ccnc1. The molecule has 0 aliphatic carbocycles. The molecule has 0 N–H and O–H groups in total. The monoisotopic (exact) mass is 330 g/mol. The smallest absolute Gasteiger partial charge is 0.274 e. The highest BCUT2D eigenvalue weighted by atomic mass is 16.1. The van der Waals surface area contributed by atoms with Crippen LogP contribution in [0.1, 0.15) is 11.3 Å². The van der Waals surface area contributed by atoms with E-state index in [1.54, 1.807) is 17.2 Å². The second kappa shape index (κ2) is 6.73. The maximum atomic E-state index is 12.8. The minimum absolute atomic E-state index is 0.0486. The van der Waals surface area contributed by atoms with E-state index in [1.165, 1.54) is 5.56 Å². The molecule has 0 fully saturated rings. The van der Waals surface area contributed by atoms with E-state index in [9.17, 15) is 4.79 Å². The normalized spacial score (nSPS) is 11.0. The molecule has 5 heteroatoms. The average Bonchev–Trinajstić information content (AvgIpc) is 3.17. The summed E-state index contributed by atoms with van der Waals surface area (Å²) in [5, 5.41) is 6.31. The van der Waals surface area contributed by atoms with E-state index in [1.807, 2.05) is 53.2 Å². The molecule has 2 aromatic carbocycles. The van der Waals surface area contributed by atoms with Gasteiger partial charge in [-0.2, -0.15) is 5.10 Å². The second-order valence-corrected chi connectivity index (χ2v) is 5.98. The first-order chi connectivity index (χ1) is 12.3. The molecule has 0 aliphatic heterocycles. The third-order valence-electron chi connectivity index (χ3n) is 4.29. The van der Waals surface area contributed by atoms with E-state index in [4.69, 9.17) is 0 Å². The van der Waals surface area contributed by atoms with Crippen molar-refractivity contribution in [3.05, 3.63) is 94.9 Å². The molecule has 0 amide bonds. The van der Waals surface area contributed by atoms with E-state index >= 15 is 0 Å². The van der Waals surface area contributed by atoms with Crippen LogP contribution in [0, 0.1) is 0 Å². The molecular formula is C20H18N4O. The lowest BCUT2D eigenvalue weighted by Gasteiger charge is -2.11. The standard InChI is InChI=1S/C20H18N4O/c25-20-18-9-5-4-8-17(18)19(14-16-6-2-1-3-7-16)22-24(20)13-12-23-11-10-21-15-23/h1-11,15H,12-14H2. The van der Waals surface area contributed by atoms with Gasteiger partial charge >= 0.3 is 0 Å². The van der Waals surface area contributed by atoms with Crippen LogP contribution in [-0.4, -0.2) is 19.3 Å². The number of benzene rings is 2. The number of nitrogens with zero attached hydrogens (tertiary/aromatic N) is 4. The number of hydrogen-bond acceptors (Lipinski definition) is 3. The fraction of sp³-hybridized carbons (Fsp3) is 0.150. The highest BCUT2D eigenvalue weighted by Crippen LogP contribution is 2.16.